The highest BCUT2D eigenvalue weighted by atomic mass is 35.5. The van der Waals surface area contributed by atoms with E-state index in [9.17, 15) is 13.2 Å². The molecule has 9 heteroatoms. The highest BCUT2D eigenvalue weighted by Gasteiger charge is 2.14. The number of ether oxygens (including phenoxy) is 1. The summed E-state index contributed by atoms with van der Waals surface area (Å²) in [5.41, 5.74) is 4.01. The SMILES string of the molecule is Cc1cc(S(N)(=O)=O)ccc1NC(=O)Cc1cc(C)c(C)c(Oc2cc(Cl)cc(C#N)c2)c1. The molecule has 3 N–H and O–H groups in total. The van der Waals surface area contributed by atoms with Crippen LogP contribution in [0.3, 0.4) is 0 Å². The van der Waals surface area contributed by atoms with Gasteiger partial charge in [-0.25, -0.2) is 13.6 Å². The summed E-state index contributed by atoms with van der Waals surface area (Å²) < 4.78 is 29.0. The summed E-state index contributed by atoms with van der Waals surface area (Å²) >= 11 is 6.07. The van der Waals surface area contributed by atoms with Gasteiger partial charge in [0, 0.05) is 10.7 Å². The van der Waals surface area contributed by atoms with Gasteiger partial charge in [-0.05, 0) is 85.5 Å². The molecule has 0 saturated carbocycles. The molecule has 3 rings (SSSR count). The number of amides is 1. The quantitative estimate of drug-likeness (QED) is 0.523. The Bertz CT molecular complexity index is 1400. The average molecular weight is 484 g/mol. The summed E-state index contributed by atoms with van der Waals surface area (Å²) in [6.07, 6.45) is 0.0762. The summed E-state index contributed by atoms with van der Waals surface area (Å²) in [4.78, 5) is 12.6. The maximum absolute atomic E-state index is 12.7. The van der Waals surface area contributed by atoms with E-state index in [0.29, 0.717) is 33.3 Å². The Morgan fingerprint density at radius 2 is 1.82 bits per heavy atom. The van der Waals surface area contributed by atoms with E-state index >= 15 is 0 Å². The fraction of sp³-hybridized carbons (Fsp3) is 0.167. The first-order valence-corrected chi connectivity index (χ1v) is 11.8. The summed E-state index contributed by atoms with van der Waals surface area (Å²) in [6, 6.07) is 14.7. The van der Waals surface area contributed by atoms with Gasteiger partial charge in [0.2, 0.25) is 15.9 Å². The van der Waals surface area contributed by atoms with Gasteiger partial charge < -0.3 is 10.1 Å². The zero-order chi connectivity index (χ0) is 24.3. The molecule has 0 radical (unpaired) electrons. The lowest BCUT2D eigenvalue weighted by molar-refractivity contribution is -0.115. The van der Waals surface area contributed by atoms with Gasteiger partial charge in [-0.15, -0.1) is 0 Å². The smallest absolute Gasteiger partial charge is 0.238 e. The van der Waals surface area contributed by atoms with Crippen LogP contribution in [-0.4, -0.2) is 14.3 Å². The number of nitrogens with zero attached hydrogens (tertiary/aromatic N) is 1. The van der Waals surface area contributed by atoms with Gasteiger partial charge in [0.25, 0.3) is 0 Å². The highest BCUT2D eigenvalue weighted by Crippen LogP contribution is 2.31. The molecule has 0 fully saturated rings. The first-order chi connectivity index (χ1) is 15.5. The van der Waals surface area contributed by atoms with E-state index in [2.05, 4.69) is 5.32 Å². The third kappa shape index (κ3) is 6.11. The molecular formula is C24H22ClN3O4S. The van der Waals surface area contributed by atoms with Crippen LogP contribution in [0.25, 0.3) is 0 Å². The molecule has 0 saturated heterocycles. The Labute approximate surface area is 197 Å². The zero-order valence-corrected chi connectivity index (χ0v) is 19.8. The fourth-order valence-electron chi connectivity index (χ4n) is 3.25. The van der Waals surface area contributed by atoms with E-state index in [4.69, 9.17) is 26.7 Å². The predicted octanol–water partition coefficient (Wildman–Crippen LogP) is 4.76. The van der Waals surface area contributed by atoms with Crippen LogP contribution >= 0.6 is 11.6 Å². The topological polar surface area (TPSA) is 122 Å². The van der Waals surface area contributed by atoms with Crippen molar-refractivity contribution in [3.8, 4) is 17.6 Å². The number of sulfonamides is 1. The monoisotopic (exact) mass is 483 g/mol. The van der Waals surface area contributed by atoms with Crippen molar-refractivity contribution in [2.45, 2.75) is 32.1 Å². The van der Waals surface area contributed by atoms with Gasteiger partial charge in [0.15, 0.2) is 0 Å². The molecule has 0 bridgehead atoms. The van der Waals surface area contributed by atoms with Gasteiger partial charge >= 0.3 is 0 Å². The molecule has 170 valence electrons. The Balaban J connectivity index is 1.81. The van der Waals surface area contributed by atoms with Crippen molar-refractivity contribution in [1.82, 2.24) is 0 Å². The molecule has 0 atom stereocenters. The Hall–Kier alpha value is -3.38. The van der Waals surface area contributed by atoms with Crippen molar-refractivity contribution in [3.05, 3.63) is 81.4 Å². The van der Waals surface area contributed by atoms with Crippen LogP contribution in [0.1, 0.15) is 27.8 Å². The number of anilines is 1. The number of primary sulfonamides is 1. The van der Waals surface area contributed by atoms with Crippen molar-refractivity contribution in [2.24, 2.45) is 5.14 Å². The normalized spacial score (nSPS) is 11.0. The number of hydrogen-bond acceptors (Lipinski definition) is 5. The average Bonchev–Trinajstić information content (AvgIpc) is 2.71. The van der Waals surface area contributed by atoms with Crippen molar-refractivity contribution < 1.29 is 17.9 Å². The molecule has 0 spiro atoms. The molecule has 0 aliphatic rings. The molecule has 3 aromatic rings. The zero-order valence-electron chi connectivity index (χ0n) is 18.3. The van der Waals surface area contributed by atoms with Crippen LogP contribution in [0.5, 0.6) is 11.5 Å². The maximum atomic E-state index is 12.7. The first-order valence-electron chi connectivity index (χ1n) is 9.88. The van der Waals surface area contributed by atoms with Crippen molar-refractivity contribution >= 4 is 33.2 Å². The van der Waals surface area contributed by atoms with Crippen LogP contribution in [0, 0.1) is 32.1 Å². The van der Waals surface area contributed by atoms with Crippen molar-refractivity contribution in [3.63, 3.8) is 0 Å². The Morgan fingerprint density at radius 3 is 2.45 bits per heavy atom. The minimum absolute atomic E-state index is 0.0190. The molecule has 0 heterocycles. The van der Waals surface area contributed by atoms with E-state index in [0.717, 1.165) is 16.7 Å². The van der Waals surface area contributed by atoms with E-state index in [1.165, 1.54) is 18.2 Å². The van der Waals surface area contributed by atoms with E-state index < -0.39 is 10.0 Å². The van der Waals surface area contributed by atoms with E-state index in [1.54, 1.807) is 31.2 Å². The molecule has 7 nitrogen and oxygen atoms in total. The maximum Gasteiger partial charge on any atom is 0.238 e. The third-order valence-electron chi connectivity index (χ3n) is 5.07. The Kier molecular flexibility index (Phi) is 7.08. The number of carbonyl (C=O) groups is 1. The lowest BCUT2D eigenvalue weighted by Crippen LogP contribution is -2.16. The molecule has 0 aliphatic carbocycles. The van der Waals surface area contributed by atoms with Gasteiger partial charge in [0.05, 0.1) is 22.9 Å². The number of halogens is 1. The molecule has 0 unspecified atom stereocenters. The first kappa shape index (κ1) is 24.3. The number of rotatable bonds is 6. The number of benzene rings is 3. The third-order valence-corrected chi connectivity index (χ3v) is 6.20. The summed E-state index contributed by atoms with van der Waals surface area (Å²) in [6.45, 7) is 5.51. The lowest BCUT2D eigenvalue weighted by Gasteiger charge is -2.14. The van der Waals surface area contributed by atoms with E-state index in [-0.39, 0.29) is 17.2 Å². The molecule has 0 aliphatic heterocycles. The second kappa shape index (κ2) is 9.63. The van der Waals surface area contributed by atoms with Crippen LogP contribution < -0.4 is 15.2 Å². The molecule has 0 aromatic heterocycles. The number of carbonyl (C=O) groups excluding carboxylic acids is 1. The second-order valence-electron chi connectivity index (χ2n) is 7.67. The van der Waals surface area contributed by atoms with E-state index in [1.807, 2.05) is 26.0 Å². The fourth-order valence-corrected chi connectivity index (χ4v) is 4.08. The molecular weight excluding hydrogens is 462 g/mol. The minimum Gasteiger partial charge on any atom is -0.457 e. The number of aryl methyl sites for hydroxylation is 2. The molecule has 33 heavy (non-hydrogen) atoms. The second-order valence-corrected chi connectivity index (χ2v) is 9.67. The summed E-state index contributed by atoms with van der Waals surface area (Å²) in [5, 5.41) is 17.5. The number of hydrogen-bond donors (Lipinski definition) is 2. The number of nitrogens with one attached hydrogen (secondary N) is 1. The molecule has 3 aromatic carbocycles. The van der Waals surface area contributed by atoms with Gasteiger partial charge in [-0.2, -0.15) is 5.26 Å². The highest BCUT2D eigenvalue weighted by molar-refractivity contribution is 7.89. The summed E-state index contributed by atoms with van der Waals surface area (Å²) in [7, 11) is -3.82. The van der Waals surface area contributed by atoms with Crippen LogP contribution in [0.2, 0.25) is 5.02 Å². The standard InChI is InChI=1S/C24H22ClN3O4S/c1-14-6-17(10-23(16(14)3)32-20-9-18(13-26)8-19(25)12-20)11-24(29)28-22-5-4-21(7-15(22)2)33(27,30)31/h4-10,12H,11H2,1-3H3,(H,28,29)(H2,27,30,31). The van der Waals surface area contributed by atoms with Crippen LogP contribution in [0.15, 0.2) is 53.4 Å². The van der Waals surface area contributed by atoms with Gasteiger partial charge in [-0.3, -0.25) is 4.79 Å². The number of nitrogens with two attached hydrogens (primary N) is 1. The predicted molar refractivity (Wildman–Crippen MR) is 127 cm³/mol. The minimum atomic E-state index is -3.82. The lowest BCUT2D eigenvalue weighted by atomic mass is 10.0. The van der Waals surface area contributed by atoms with Crippen LogP contribution in [0.4, 0.5) is 5.69 Å². The number of nitriles is 1. The van der Waals surface area contributed by atoms with Crippen molar-refractivity contribution in [1.29, 1.82) is 5.26 Å². The van der Waals surface area contributed by atoms with Gasteiger partial charge in [0.1, 0.15) is 11.5 Å². The summed E-state index contributed by atoms with van der Waals surface area (Å²) in [5.74, 6) is 0.705. The molecule has 1 amide bonds. The Morgan fingerprint density at radius 1 is 1.09 bits per heavy atom. The van der Waals surface area contributed by atoms with Gasteiger partial charge in [-0.1, -0.05) is 17.7 Å². The largest absolute Gasteiger partial charge is 0.457 e. The van der Waals surface area contributed by atoms with Crippen molar-refractivity contribution in [2.75, 3.05) is 5.32 Å². The van der Waals surface area contributed by atoms with Crippen LogP contribution in [-0.2, 0) is 21.2 Å².